The summed E-state index contributed by atoms with van der Waals surface area (Å²) in [5.74, 6) is -1.14. The minimum atomic E-state index is -3.89. The van der Waals surface area contributed by atoms with Gasteiger partial charge in [0.25, 0.3) is 0 Å². The van der Waals surface area contributed by atoms with Crippen LogP contribution in [0, 0.1) is 5.82 Å². The van der Waals surface area contributed by atoms with Crippen molar-refractivity contribution < 1.29 is 22.0 Å². The summed E-state index contributed by atoms with van der Waals surface area (Å²) in [6.45, 7) is 1.39. The van der Waals surface area contributed by atoms with E-state index < -0.39 is 31.7 Å². The van der Waals surface area contributed by atoms with E-state index in [0.29, 0.717) is 0 Å². The second kappa shape index (κ2) is 5.94. The average Bonchev–Trinajstić information content (AvgIpc) is 2.48. The Morgan fingerprint density at radius 2 is 2.09 bits per heavy atom. The summed E-state index contributed by atoms with van der Waals surface area (Å²) in [5.41, 5.74) is -1.37. The molecular formula is C13H10ClFO5S2. The molecule has 0 amide bonds. The van der Waals surface area contributed by atoms with E-state index >= 15 is 0 Å². The van der Waals surface area contributed by atoms with Gasteiger partial charge in [0.2, 0.25) is 20.4 Å². The summed E-state index contributed by atoms with van der Waals surface area (Å²) < 4.78 is 47.9. The second-order valence-electron chi connectivity index (χ2n) is 4.25. The van der Waals surface area contributed by atoms with Crippen molar-refractivity contribution in [2.45, 2.75) is 12.0 Å². The molecule has 9 heteroatoms. The molecule has 5 nitrogen and oxygen atoms in total. The SMILES string of the molecule is CCS(=O)(=O)c1oc2cc(Cl)c(F)cc2c(=O)c1C(=S)OC. The quantitative estimate of drug-likeness (QED) is 0.780. The fourth-order valence-corrected chi connectivity index (χ4v) is 3.18. The van der Waals surface area contributed by atoms with Crippen LogP contribution in [0.3, 0.4) is 0 Å². The monoisotopic (exact) mass is 364 g/mol. The molecule has 0 saturated carbocycles. The van der Waals surface area contributed by atoms with Crippen molar-refractivity contribution in [3.05, 3.63) is 38.8 Å². The van der Waals surface area contributed by atoms with Gasteiger partial charge in [-0.2, -0.15) is 0 Å². The van der Waals surface area contributed by atoms with Crippen LogP contribution in [0.15, 0.2) is 26.4 Å². The Morgan fingerprint density at radius 3 is 2.64 bits per heavy atom. The zero-order chi connectivity index (χ0) is 16.7. The van der Waals surface area contributed by atoms with Crippen LogP contribution >= 0.6 is 23.8 Å². The number of halogens is 2. The third-order valence-electron chi connectivity index (χ3n) is 2.95. The number of benzene rings is 1. The van der Waals surface area contributed by atoms with E-state index in [-0.39, 0.29) is 26.8 Å². The largest absolute Gasteiger partial charge is 0.486 e. The summed E-state index contributed by atoms with van der Waals surface area (Å²) in [4.78, 5) is 12.5. The maximum absolute atomic E-state index is 13.5. The Balaban J connectivity index is 3.04. The first-order valence-corrected chi connectivity index (χ1v) is 8.43. The van der Waals surface area contributed by atoms with E-state index in [4.69, 9.17) is 33.0 Å². The maximum Gasteiger partial charge on any atom is 0.234 e. The lowest BCUT2D eigenvalue weighted by molar-refractivity contribution is 0.405. The van der Waals surface area contributed by atoms with Gasteiger partial charge in [-0.05, 0) is 18.3 Å². The summed E-state index contributed by atoms with van der Waals surface area (Å²) >= 11 is 10.5. The lowest BCUT2D eigenvalue weighted by Crippen LogP contribution is -2.22. The Hall–Kier alpha value is -1.51. The topological polar surface area (TPSA) is 73.6 Å². The van der Waals surface area contributed by atoms with Crippen molar-refractivity contribution in [3.63, 3.8) is 0 Å². The molecule has 0 saturated heterocycles. The van der Waals surface area contributed by atoms with Crippen LogP contribution in [0.5, 0.6) is 0 Å². The van der Waals surface area contributed by atoms with Crippen LogP contribution in [-0.4, -0.2) is 26.3 Å². The molecule has 0 aliphatic carbocycles. The molecule has 0 spiro atoms. The lowest BCUT2D eigenvalue weighted by atomic mass is 10.2. The fourth-order valence-electron chi connectivity index (χ4n) is 1.80. The number of thiocarbonyl (C=S) groups is 1. The van der Waals surface area contributed by atoms with Gasteiger partial charge in [-0.15, -0.1) is 0 Å². The number of ether oxygens (including phenoxy) is 1. The van der Waals surface area contributed by atoms with Crippen molar-refractivity contribution >= 4 is 49.7 Å². The predicted octanol–water partition coefficient (Wildman–Crippen LogP) is 2.70. The van der Waals surface area contributed by atoms with Crippen LogP contribution in [0.25, 0.3) is 11.0 Å². The summed E-state index contributed by atoms with van der Waals surface area (Å²) in [6.07, 6.45) is 0. The molecule has 0 radical (unpaired) electrons. The Labute approximate surface area is 135 Å². The Kier molecular flexibility index (Phi) is 4.55. The lowest BCUT2D eigenvalue weighted by Gasteiger charge is -2.10. The molecule has 0 aliphatic heterocycles. The third kappa shape index (κ3) is 2.73. The highest BCUT2D eigenvalue weighted by Gasteiger charge is 2.28. The van der Waals surface area contributed by atoms with Crippen LogP contribution in [0.1, 0.15) is 12.5 Å². The number of methoxy groups -OCH3 is 1. The van der Waals surface area contributed by atoms with Gasteiger partial charge in [0.15, 0.2) is 5.05 Å². The zero-order valence-electron chi connectivity index (χ0n) is 11.5. The van der Waals surface area contributed by atoms with Crippen LogP contribution in [-0.2, 0) is 14.6 Å². The smallest absolute Gasteiger partial charge is 0.234 e. The first-order chi connectivity index (χ1) is 10.2. The van der Waals surface area contributed by atoms with Gasteiger partial charge < -0.3 is 9.15 Å². The molecule has 2 aromatic rings. The van der Waals surface area contributed by atoms with Crippen LogP contribution in [0.4, 0.5) is 4.39 Å². The molecule has 0 atom stereocenters. The van der Waals surface area contributed by atoms with Gasteiger partial charge in [0, 0.05) is 6.07 Å². The maximum atomic E-state index is 13.5. The molecule has 2 rings (SSSR count). The Bertz CT molecular complexity index is 934. The van der Waals surface area contributed by atoms with Crippen LogP contribution < -0.4 is 5.43 Å². The average molecular weight is 365 g/mol. The highest BCUT2D eigenvalue weighted by molar-refractivity contribution is 7.91. The highest BCUT2D eigenvalue weighted by Crippen LogP contribution is 2.26. The number of hydrogen-bond donors (Lipinski definition) is 0. The van der Waals surface area contributed by atoms with Gasteiger partial charge in [-0.25, -0.2) is 12.8 Å². The standard InChI is InChI=1S/C13H10ClFO5S2/c1-3-22(17,18)13-10(12(21)19-2)11(16)6-4-8(15)7(14)5-9(6)20-13/h4-5H,3H2,1-2H3. The molecule has 22 heavy (non-hydrogen) atoms. The summed E-state index contributed by atoms with van der Waals surface area (Å²) in [7, 11) is -2.70. The summed E-state index contributed by atoms with van der Waals surface area (Å²) in [5, 5.41) is -1.43. The molecule has 0 aliphatic rings. The molecule has 0 N–H and O–H groups in total. The van der Waals surface area contributed by atoms with Gasteiger partial charge in [-0.1, -0.05) is 18.5 Å². The predicted molar refractivity (Wildman–Crippen MR) is 83.9 cm³/mol. The van der Waals surface area contributed by atoms with E-state index in [1.165, 1.54) is 14.0 Å². The molecular weight excluding hydrogens is 355 g/mol. The molecule has 0 bridgehead atoms. The highest BCUT2D eigenvalue weighted by atomic mass is 35.5. The van der Waals surface area contributed by atoms with E-state index in [2.05, 4.69) is 0 Å². The van der Waals surface area contributed by atoms with E-state index in [1.54, 1.807) is 0 Å². The molecule has 1 aromatic carbocycles. The molecule has 0 unspecified atom stereocenters. The molecule has 1 heterocycles. The van der Waals surface area contributed by atoms with Crippen molar-refractivity contribution in [1.29, 1.82) is 0 Å². The van der Waals surface area contributed by atoms with Gasteiger partial charge in [0.1, 0.15) is 17.0 Å². The zero-order valence-corrected chi connectivity index (χ0v) is 13.9. The number of fused-ring (bicyclic) bond motifs is 1. The van der Waals surface area contributed by atoms with Gasteiger partial charge >= 0.3 is 0 Å². The molecule has 118 valence electrons. The van der Waals surface area contributed by atoms with Crippen molar-refractivity contribution in [2.24, 2.45) is 0 Å². The van der Waals surface area contributed by atoms with Gasteiger partial charge in [-0.3, -0.25) is 4.79 Å². The van der Waals surface area contributed by atoms with Crippen molar-refractivity contribution in [2.75, 3.05) is 12.9 Å². The van der Waals surface area contributed by atoms with E-state index in [9.17, 15) is 17.6 Å². The minimum absolute atomic E-state index is 0.147. The molecule has 0 fully saturated rings. The summed E-state index contributed by atoms with van der Waals surface area (Å²) in [6, 6.07) is 1.91. The third-order valence-corrected chi connectivity index (χ3v) is 5.23. The van der Waals surface area contributed by atoms with Crippen molar-refractivity contribution in [3.8, 4) is 0 Å². The first kappa shape index (κ1) is 16.9. The van der Waals surface area contributed by atoms with Gasteiger partial charge in [0.05, 0.1) is 23.3 Å². The fraction of sp³-hybridized carbons (Fsp3) is 0.231. The van der Waals surface area contributed by atoms with E-state index in [1.807, 2.05) is 0 Å². The van der Waals surface area contributed by atoms with Crippen molar-refractivity contribution in [1.82, 2.24) is 0 Å². The number of rotatable bonds is 3. The second-order valence-corrected chi connectivity index (χ2v) is 7.21. The van der Waals surface area contributed by atoms with E-state index in [0.717, 1.165) is 12.1 Å². The minimum Gasteiger partial charge on any atom is -0.486 e. The normalized spacial score (nSPS) is 11.6. The Morgan fingerprint density at radius 1 is 1.45 bits per heavy atom. The number of hydrogen-bond acceptors (Lipinski definition) is 6. The first-order valence-electron chi connectivity index (χ1n) is 5.99. The van der Waals surface area contributed by atoms with Crippen LogP contribution in [0.2, 0.25) is 5.02 Å². The molecule has 1 aromatic heterocycles. The number of sulfone groups is 1.